The second kappa shape index (κ2) is 10.6. The number of aromatic nitrogens is 4. The number of rotatable bonds is 8. The molecule has 1 atom stereocenters. The van der Waals surface area contributed by atoms with Crippen molar-refractivity contribution in [2.24, 2.45) is 0 Å². The van der Waals surface area contributed by atoms with Gasteiger partial charge in [-0.25, -0.2) is 0 Å². The summed E-state index contributed by atoms with van der Waals surface area (Å²) in [5.41, 5.74) is 2.07. The molecule has 0 N–H and O–H groups in total. The zero-order valence-electron chi connectivity index (χ0n) is 18.4. The number of ether oxygens (including phenoxy) is 1. The SMILES string of the molecule is CCOc1ccccc1-n1nnnc1SCC(=O)N1CCN(C(C)c2ccccc2)CC1. The first kappa shape index (κ1) is 22.3. The zero-order valence-corrected chi connectivity index (χ0v) is 19.2. The van der Waals surface area contributed by atoms with Crippen molar-refractivity contribution in [2.75, 3.05) is 38.5 Å². The van der Waals surface area contributed by atoms with Crippen LogP contribution < -0.4 is 4.74 Å². The van der Waals surface area contributed by atoms with Gasteiger partial charge in [-0.15, -0.1) is 5.10 Å². The molecule has 0 spiro atoms. The Bertz CT molecular complexity index is 1020. The van der Waals surface area contributed by atoms with Crippen LogP contribution in [0, 0.1) is 0 Å². The Labute approximate surface area is 192 Å². The van der Waals surface area contributed by atoms with Crippen LogP contribution in [-0.4, -0.2) is 74.5 Å². The Kier molecular flexibility index (Phi) is 7.39. The van der Waals surface area contributed by atoms with E-state index in [0.717, 1.165) is 31.9 Å². The highest BCUT2D eigenvalue weighted by molar-refractivity contribution is 7.99. The topological polar surface area (TPSA) is 76.4 Å². The monoisotopic (exact) mass is 452 g/mol. The molecular formula is C23H28N6O2S. The molecule has 0 aliphatic carbocycles. The summed E-state index contributed by atoms with van der Waals surface area (Å²) < 4.78 is 7.32. The van der Waals surface area contributed by atoms with E-state index >= 15 is 0 Å². The lowest BCUT2D eigenvalue weighted by Crippen LogP contribution is -2.49. The Morgan fingerprint density at radius 3 is 2.53 bits per heavy atom. The largest absolute Gasteiger partial charge is 0.492 e. The lowest BCUT2D eigenvalue weighted by molar-refractivity contribution is -0.130. The van der Waals surface area contributed by atoms with E-state index in [1.165, 1.54) is 17.3 Å². The summed E-state index contributed by atoms with van der Waals surface area (Å²) in [5.74, 6) is 1.11. The van der Waals surface area contributed by atoms with Gasteiger partial charge in [0.05, 0.1) is 12.4 Å². The van der Waals surface area contributed by atoms with Gasteiger partial charge in [0.2, 0.25) is 11.1 Å². The lowest BCUT2D eigenvalue weighted by Gasteiger charge is -2.38. The highest BCUT2D eigenvalue weighted by atomic mass is 32.2. The number of para-hydroxylation sites is 2. The number of hydrogen-bond donors (Lipinski definition) is 0. The standard InChI is InChI=1S/C23H28N6O2S/c1-3-31-21-12-8-7-11-20(21)29-23(24-25-26-29)32-17-22(30)28-15-13-27(14-16-28)18(2)19-9-5-4-6-10-19/h4-12,18H,3,13-17H2,1-2H3. The summed E-state index contributed by atoms with van der Waals surface area (Å²) in [6.07, 6.45) is 0. The molecule has 0 saturated carbocycles. The van der Waals surface area contributed by atoms with Crippen LogP contribution in [0.15, 0.2) is 59.8 Å². The molecular weight excluding hydrogens is 424 g/mol. The quantitative estimate of drug-likeness (QED) is 0.486. The molecule has 9 heteroatoms. The van der Waals surface area contributed by atoms with E-state index in [1.54, 1.807) is 4.68 Å². The molecule has 1 aliphatic rings. The minimum absolute atomic E-state index is 0.106. The van der Waals surface area contributed by atoms with E-state index in [1.807, 2.05) is 42.2 Å². The molecule has 0 bridgehead atoms. The molecule has 1 aromatic heterocycles. The van der Waals surface area contributed by atoms with Gasteiger partial charge >= 0.3 is 0 Å². The van der Waals surface area contributed by atoms with Crippen LogP contribution in [0.2, 0.25) is 0 Å². The van der Waals surface area contributed by atoms with Gasteiger partial charge in [0, 0.05) is 32.2 Å². The van der Waals surface area contributed by atoms with Crippen LogP contribution in [0.3, 0.4) is 0 Å². The van der Waals surface area contributed by atoms with Gasteiger partial charge in [-0.3, -0.25) is 9.69 Å². The summed E-state index contributed by atoms with van der Waals surface area (Å²) in [6, 6.07) is 18.5. The van der Waals surface area contributed by atoms with Crippen LogP contribution in [0.4, 0.5) is 0 Å². The van der Waals surface area contributed by atoms with E-state index in [-0.39, 0.29) is 5.91 Å². The second-order valence-electron chi connectivity index (χ2n) is 7.57. The first-order valence-electron chi connectivity index (χ1n) is 10.9. The predicted molar refractivity (Wildman–Crippen MR) is 124 cm³/mol. The van der Waals surface area contributed by atoms with Crippen LogP contribution in [0.1, 0.15) is 25.5 Å². The fraction of sp³-hybridized carbons (Fsp3) is 0.391. The molecule has 1 saturated heterocycles. The molecule has 1 fully saturated rings. The van der Waals surface area contributed by atoms with Gasteiger partial charge in [0.25, 0.3) is 0 Å². The predicted octanol–water partition coefficient (Wildman–Crippen LogP) is 3.06. The van der Waals surface area contributed by atoms with E-state index in [2.05, 4.69) is 51.6 Å². The number of amides is 1. The maximum absolute atomic E-state index is 12.8. The van der Waals surface area contributed by atoms with E-state index < -0.39 is 0 Å². The zero-order chi connectivity index (χ0) is 22.3. The Balaban J connectivity index is 1.33. The van der Waals surface area contributed by atoms with E-state index in [4.69, 9.17) is 4.74 Å². The van der Waals surface area contributed by atoms with Crippen LogP contribution in [0.5, 0.6) is 5.75 Å². The third-order valence-electron chi connectivity index (χ3n) is 5.66. The van der Waals surface area contributed by atoms with Crippen molar-refractivity contribution in [3.8, 4) is 11.4 Å². The summed E-state index contributed by atoms with van der Waals surface area (Å²) >= 11 is 1.35. The maximum atomic E-state index is 12.8. The van der Waals surface area contributed by atoms with E-state index in [0.29, 0.717) is 29.3 Å². The van der Waals surface area contributed by atoms with Crippen LogP contribution in [0.25, 0.3) is 5.69 Å². The van der Waals surface area contributed by atoms with Crippen molar-refractivity contribution in [1.82, 2.24) is 30.0 Å². The smallest absolute Gasteiger partial charge is 0.233 e. The molecule has 2 heterocycles. The van der Waals surface area contributed by atoms with Gasteiger partial charge in [-0.1, -0.05) is 54.2 Å². The molecule has 4 rings (SSSR count). The first-order valence-corrected chi connectivity index (χ1v) is 11.9. The summed E-state index contributed by atoms with van der Waals surface area (Å²) in [6.45, 7) is 7.91. The molecule has 3 aromatic rings. The van der Waals surface area contributed by atoms with Crippen molar-refractivity contribution in [1.29, 1.82) is 0 Å². The van der Waals surface area contributed by atoms with Crippen molar-refractivity contribution in [3.05, 3.63) is 60.2 Å². The maximum Gasteiger partial charge on any atom is 0.233 e. The number of piperazine rings is 1. The first-order chi connectivity index (χ1) is 15.7. The molecule has 32 heavy (non-hydrogen) atoms. The second-order valence-corrected chi connectivity index (χ2v) is 8.51. The minimum Gasteiger partial charge on any atom is -0.492 e. The molecule has 1 unspecified atom stereocenters. The average Bonchev–Trinajstić information content (AvgIpc) is 3.32. The average molecular weight is 453 g/mol. The highest BCUT2D eigenvalue weighted by Gasteiger charge is 2.25. The summed E-state index contributed by atoms with van der Waals surface area (Å²) in [5, 5.41) is 12.6. The Morgan fingerprint density at radius 1 is 1.06 bits per heavy atom. The van der Waals surface area contributed by atoms with Crippen molar-refractivity contribution in [3.63, 3.8) is 0 Å². The van der Waals surface area contributed by atoms with Gasteiger partial charge in [-0.2, -0.15) is 4.68 Å². The number of carbonyl (C=O) groups is 1. The van der Waals surface area contributed by atoms with E-state index in [9.17, 15) is 4.79 Å². The van der Waals surface area contributed by atoms with Crippen molar-refractivity contribution in [2.45, 2.75) is 25.0 Å². The number of benzene rings is 2. The molecule has 168 valence electrons. The van der Waals surface area contributed by atoms with Gasteiger partial charge in [0.1, 0.15) is 11.4 Å². The van der Waals surface area contributed by atoms with Crippen molar-refractivity contribution < 1.29 is 9.53 Å². The van der Waals surface area contributed by atoms with Gasteiger partial charge in [-0.05, 0) is 42.0 Å². The number of tetrazole rings is 1. The van der Waals surface area contributed by atoms with Crippen molar-refractivity contribution >= 4 is 17.7 Å². The number of carbonyl (C=O) groups excluding carboxylic acids is 1. The molecule has 1 amide bonds. The molecule has 8 nitrogen and oxygen atoms in total. The fourth-order valence-corrected chi connectivity index (χ4v) is 4.63. The molecule has 1 aliphatic heterocycles. The molecule has 2 aromatic carbocycles. The molecule has 0 radical (unpaired) electrons. The summed E-state index contributed by atoms with van der Waals surface area (Å²) in [7, 11) is 0. The number of hydrogen-bond acceptors (Lipinski definition) is 7. The normalized spacial score (nSPS) is 15.5. The third kappa shape index (κ3) is 5.11. The van der Waals surface area contributed by atoms with Gasteiger partial charge < -0.3 is 9.64 Å². The lowest BCUT2D eigenvalue weighted by atomic mass is 10.1. The van der Waals surface area contributed by atoms with Gasteiger partial charge in [0.15, 0.2) is 0 Å². The fourth-order valence-electron chi connectivity index (χ4n) is 3.85. The Hall–Kier alpha value is -2.91. The minimum atomic E-state index is 0.106. The summed E-state index contributed by atoms with van der Waals surface area (Å²) in [4.78, 5) is 17.2. The highest BCUT2D eigenvalue weighted by Crippen LogP contribution is 2.26. The third-order valence-corrected chi connectivity index (χ3v) is 6.56. The van der Waals surface area contributed by atoms with Crippen LogP contribution in [-0.2, 0) is 4.79 Å². The van der Waals surface area contributed by atoms with Crippen LogP contribution >= 0.6 is 11.8 Å². The number of nitrogens with zero attached hydrogens (tertiary/aromatic N) is 6. The Morgan fingerprint density at radius 2 is 1.78 bits per heavy atom. The number of thioether (sulfide) groups is 1.